The molecular formula is C21H29NS. The Balaban J connectivity index is 2.24. The molecule has 0 fully saturated rings. The largest absolute Gasteiger partial charge is 0.305 e. The number of likely N-dealkylation sites (N-methyl/N-ethyl adjacent to an activating group) is 1. The molecule has 0 radical (unpaired) electrons. The highest BCUT2D eigenvalue weighted by atomic mass is 32.2. The van der Waals surface area contributed by atoms with Gasteiger partial charge in [-0.2, -0.15) is 0 Å². The SMILES string of the molecule is C[C@@H]([C@@H](Sc1ccc(C(C)(C)C)cc1)c1ccccc1)N(C)C. The Morgan fingerprint density at radius 1 is 0.870 bits per heavy atom. The molecule has 0 aliphatic heterocycles. The van der Waals surface area contributed by atoms with Crippen LogP contribution in [0, 0.1) is 0 Å². The van der Waals surface area contributed by atoms with Crippen molar-refractivity contribution in [3.05, 3.63) is 65.7 Å². The van der Waals surface area contributed by atoms with Gasteiger partial charge in [-0.05, 0) is 49.7 Å². The summed E-state index contributed by atoms with van der Waals surface area (Å²) in [6, 6.07) is 20.4. The summed E-state index contributed by atoms with van der Waals surface area (Å²) >= 11 is 1.96. The summed E-state index contributed by atoms with van der Waals surface area (Å²) in [5, 5.41) is 0.423. The predicted molar refractivity (Wildman–Crippen MR) is 103 cm³/mol. The van der Waals surface area contributed by atoms with Gasteiger partial charge in [-0.1, -0.05) is 63.2 Å². The van der Waals surface area contributed by atoms with Gasteiger partial charge in [-0.3, -0.25) is 0 Å². The van der Waals surface area contributed by atoms with E-state index >= 15 is 0 Å². The molecule has 0 saturated heterocycles. The maximum atomic E-state index is 2.30. The van der Waals surface area contributed by atoms with Crippen molar-refractivity contribution >= 4 is 11.8 Å². The van der Waals surface area contributed by atoms with E-state index < -0.39 is 0 Å². The van der Waals surface area contributed by atoms with Crippen molar-refractivity contribution in [1.29, 1.82) is 0 Å². The van der Waals surface area contributed by atoms with E-state index in [0.717, 1.165) is 0 Å². The van der Waals surface area contributed by atoms with Gasteiger partial charge in [-0.25, -0.2) is 0 Å². The molecule has 2 heteroatoms. The Labute approximate surface area is 146 Å². The van der Waals surface area contributed by atoms with Crippen LogP contribution in [0.2, 0.25) is 0 Å². The third-order valence-electron chi connectivity index (χ3n) is 4.36. The molecule has 0 unspecified atom stereocenters. The van der Waals surface area contributed by atoms with Gasteiger partial charge >= 0.3 is 0 Å². The van der Waals surface area contributed by atoms with Gasteiger partial charge in [0.2, 0.25) is 0 Å². The zero-order valence-corrected chi connectivity index (χ0v) is 16.0. The molecule has 1 nitrogen and oxygen atoms in total. The second kappa shape index (κ2) is 7.55. The first kappa shape index (κ1) is 18.1. The standard InChI is InChI=1S/C21H29NS/c1-16(22(5)6)20(17-10-8-7-9-11-17)23-19-14-12-18(13-15-19)21(2,3)4/h7-16,20H,1-6H3/t16-,20+/m0/s1. The molecule has 0 bridgehead atoms. The van der Waals surface area contributed by atoms with Crippen LogP contribution < -0.4 is 0 Å². The van der Waals surface area contributed by atoms with E-state index in [0.29, 0.717) is 11.3 Å². The van der Waals surface area contributed by atoms with Crippen molar-refractivity contribution in [3.63, 3.8) is 0 Å². The summed E-state index contributed by atoms with van der Waals surface area (Å²) in [5.74, 6) is 0. The first-order chi connectivity index (χ1) is 10.8. The average Bonchev–Trinajstić information content (AvgIpc) is 2.52. The normalized spacial score (nSPS) is 14.7. The highest BCUT2D eigenvalue weighted by molar-refractivity contribution is 7.99. The minimum absolute atomic E-state index is 0.207. The van der Waals surface area contributed by atoms with Crippen LogP contribution in [0.4, 0.5) is 0 Å². The Hall–Kier alpha value is -1.25. The van der Waals surface area contributed by atoms with Gasteiger partial charge in [0.25, 0.3) is 0 Å². The van der Waals surface area contributed by atoms with Crippen molar-refractivity contribution in [2.24, 2.45) is 0 Å². The molecular weight excluding hydrogens is 298 g/mol. The predicted octanol–water partition coefficient (Wildman–Crippen LogP) is 5.77. The van der Waals surface area contributed by atoms with Crippen LogP contribution in [0.3, 0.4) is 0 Å². The van der Waals surface area contributed by atoms with Crippen LogP contribution >= 0.6 is 11.8 Å². The molecule has 0 heterocycles. The first-order valence-electron chi connectivity index (χ1n) is 8.27. The van der Waals surface area contributed by atoms with Crippen molar-refractivity contribution in [3.8, 4) is 0 Å². The first-order valence-corrected chi connectivity index (χ1v) is 9.15. The summed E-state index contributed by atoms with van der Waals surface area (Å²) in [5.41, 5.74) is 2.98. The van der Waals surface area contributed by atoms with Gasteiger partial charge in [-0.15, -0.1) is 11.8 Å². The lowest BCUT2D eigenvalue weighted by Gasteiger charge is -2.29. The van der Waals surface area contributed by atoms with Crippen molar-refractivity contribution in [2.45, 2.75) is 49.3 Å². The summed E-state index contributed by atoms with van der Waals surface area (Å²) in [6.07, 6.45) is 0. The van der Waals surface area contributed by atoms with Gasteiger partial charge in [0.05, 0.1) is 0 Å². The second-order valence-electron chi connectivity index (χ2n) is 7.43. The fourth-order valence-electron chi connectivity index (χ4n) is 2.54. The fourth-order valence-corrected chi connectivity index (χ4v) is 3.86. The number of hydrogen-bond donors (Lipinski definition) is 0. The van der Waals surface area contributed by atoms with Crippen LogP contribution in [0.25, 0.3) is 0 Å². The molecule has 2 aromatic rings. The lowest BCUT2D eigenvalue weighted by atomic mass is 9.87. The van der Waals surface area contributed by atoms with E-state index in [2.05, 4.69) is 101 Å². The zero-order chi connectivity index (χ0) is 17.0. The number of hydrogen-bond acceptors (Lipinski definition) is 2. The molecule has 2 aromatic carbocycles. The highest BCUT2D eigenvalue weighted by Gasteiger charge is 2.22. The third-order valence-corrected chi connectivity index (χ3v) is 5.83. The van der Waals surface area contributed by atoms with E-state index in [4.69, 9.17) is 0 Å². The topological polar surface area (TPSA) is 3.24 Å². The average molecular weight is 328 g/mol. The summed E-state index contributed by atoms with van der Waals surface area (Å²) in [4.78, 5) is 3.63. The summed E-state index contributed by atoms with van der Waals surface area (Å²) in [7, 11) is 4.31. The van der Waals surface area contributed by atoms with Crippen molar-refractivity contribution in [1.82, 2.24) is 4.90 Å². The van der Waals surface area contributed by atoms with Crippen LogP contribution in [0.5, 0.6) is 0 Å². The van der Waals surface area contributed by atoms with Crippen LogP contribution in [0.15, 0.2) is 59.5 Å². The second-order valence-corrected chi connectivity index (χ2v) is 8.64. The Morgan fingerprint density at radius 2 is 1.43 bits per heavy atom. The number of rotatable bonds is 5. The van der Waals surface area contributed by atoms with Gasteiger partial charge in [0.1, 0.15) is 0 Å². The Morgan fingerprint density at radius 3 is 1.91 bits per heavy atom. The van der Waals surface area contributed by atoms with Crippen molar-refractivity contribution in [2.75, 3.05) is 14.1 Å². The molecule has 2 atom stereocenters. The van der Waals surface area contributed by atoms with E-state index in [1.54, 1.807) is 0 Å². The monoisotopic (exact) mass is 327 g/mol. The highest BCUT2D eigenvalue weighted by Crippen LogP contribution is 2.39. The maximum Gasteiger partial charge on any atom is 0.0497 e. The van der Waals surface area contributed by atoms with E-state index in [-0.39, 0.29) is 5.41 Å². The maximum absolute atomic E-state index is 2.30. The number of benzene rings is 2. The third kappa shape index (κ3) is 4.86. The molecule has 0 aliphatic carbocycles. The fraction of sp³-hybridized carbons (Fsp3) is 0.429. The van der Waals surface area contributed by atoms with Crippen LogP contribution in [-0.4, -0.2) is 25.0 Å². The summed E-state index contributed by atoms with van der Waals surface area (Å²) in [6.45, 7) is 9.08. The molecule has 0 spiro atoms. The van der Waals surface area contributed by atoms with Gasteiger partial charge in [0.15, 0.2) is 0 Å². The smallest absolute Gasteiger partial charge is 0.0497 e. The van der Waals surface area contributed by atoms with Crippen LogP contribution in [-0.2, 0) is 5.41 Å². The van der Waals surface area contributed by atoms with Crippen LogP contribution in [0.1, 0.15) is 44.1 Å². The number of thioether (sulfide) groups is 1. The quantitative estimate of drug-likeness (QED) is 0.642. The molecule has 124 valence electrons. The van der Waals surface area contributed by atoms with Gasteiger partial charge in [0, 0.05) is 16.2 Å². The molecule has 0 N–H and O–H groups in total. The lowest BCUT2D eigenvalue weighted by molar-refractivity contribution is 0.308. The Bertz CT molecular complexity index is 596. The minimum Gasteiger partial charge on any atom is -0.305 e. The molecule has 2 rings (SSSR count). The molecule has 0 saturated carbocycles. The molecule has 23 heavy (non-hydrogen) atoms. The van der Waals surface area contributed by atoms with Crippen molar-refractivity contribution < 1.29 is 0 Å². The summed E-state index contributed by atoms with van der Waals surface area (Å²) < 4.78 is 0. The van der Waals surface area contributed by atoms with E-state index in [1.165, 1.54) is 16.0 Å². The van der Waals surface area contributed by atoms with Gasteiger partial charge < -0.3 is 4.90 Å². The van der Waals surface area contributed by atoms with E-state index in [9.17, 15) is 0 Å². The molecule has 0 aromatic heterocycles. The lowest BCUT2D eigenvalue weighted by Crippen LogP contribution is -2.29. The number of nitrogens with zero attached hydrogens (tertiary/aromatic N) is 1. The zero-order valence-electron chi connectivity index (χ0n) is 15.2. The molecule has 0 amide bonds. The Kier molecular flexibility index (Phi) is 5.94. The van der Waals surface area contributed by atoms with E-state index in [1.807, 2.05) is 11.8 Å². The minimum atomic E-state index is 0.207. The molecule has 0 aliphatic rings.